The molecule has 0 atom stereocenters. The summed E-state index contributed by atoms with van der Waals surface area (Å²) in [6.45, 7) is 1.28. The van der Waals surface area contributed by atoms with Crippen LogP contribution < -0.4 is 4.90 Å². The van der Waals surface area contributed by atoms with E-state index >= 15 is 0 Å². The average molecular weight is 289 g/mol. The molecule has 0 bridgehead atoms. The minimum Gasteiger partial charge on any atom is -0.481 e. The van der Waals surface area contributed by atoms with Gasteiger partial charge in [-0.2, -0.15) is 13.2 Å². The van der Waals surface area contributed by atoms with Gasteiger partial charge in [-0.1, -0.05) is 6.07 Å². The van der Waals surface area contributed by atoms with Crippen LogP contribution in [0.3, 0.4) is 0 Å². The van der Waals surface area contributed by atoms with Crippen LogP contribution in [0.15, 0.2) is 24.3 Å². The van der Waals surface area contributed by atoms with E-state index in [1.807, 2.05) is 0 Å². The zero-order valence-electron chi connectivity index (χ0n) is 10.8. The zero-order valence-corrected chi connectivity index (χ0v) is 10.8. The Morgan fingerprint density at radius 3 is 2.45 bits per heavy atom. The lowest BCUT2D eigenvalue weighted by Crippen LogP contribution is -2.30. The first-order valence-electron chi connectivity index (χ1n) is 5.89. The summed E-state index contributed by atoms with van der Waals surface area (Å²) in [5.41, 5.74) is -0.739. The maximum Gasteiger partial charge on any atom is 0.416 e. The van der Waals surface area contributed by atoms with Crippen molar-refractivity contribution in [2.75, 3.05) is 11.4 Å². The number of benzene rings is 1. The molecule has 1 amide bonds. The summed E-state index contributed by atoms with van der Waals surface area (Å²) in [5.74, 6) is -1.45. The molecule has 4 nitrogen and oxygen atoms in total. The molecule has 1 aromatic rings. The number of rotatable bonds is 5. The van der Waals surface area contributed by atoms with Gasteiger partial charge in [0, 0.05) is 25.6 Å². The van der Waals surface area contributed by atoms with Crippen LogP contribution in [-0.4, -0.2) is 23.5 Å². The van der Waals surface area contributed by atoms with Crippen molar-refractivity contribution in [3.63, 3.8) is 0 Å². The van der Waals surface area contributed by atoms with E-state index in [2.05, 4.69) is 0 Å². The highest BCUT2D eigenvalue weighted by Crippen LogP contribution is 2.31. The molecule has 0 fully saturated rings. The van der Waals surface area contributed by atoms with E-state index in [0.717, 1.165) is 17.0 Å². The molecule has 0 heterocycles. The van der Waals surface area contributed by atoms with Crippen LogP contribution in [0.5, 0.6) is 0 Å². The maximum absolute atomic E-state index is 12.6. The van der Waals surface area contributed by atoms with Crippen LogP contribution in [0, 0.1) is 0 Å². The van der Waals surface area contributed by atoms with Crippen molar-refractivity contribution in [3.05, 3.63) is 29.8 Å². The third kappa shape index (κ3) is 4.56. The molecule has 0 saturated carbocycles. The van der Waals surface area contributed by atoms with Gasteiger partial charge in [0.25, 0.3) is 0 Å². The van der Waals surface area contributed by atoms with Crippen LogP contribution >= 0.6 is 0 Å². The van der Waals surface area contributed by atoms with Gasteiger partial charge in [-0.15, -0.1) is 0 Å². The molecule has 0 aromatic heterocycles. The Balaban J connectivity index is 2.92. The van der Waals surface area contributed by atoms with Gasteiger partial charge in [0.1, 0.15) is 0 Å². The topological polar surface area (TPSA) is 57.6 Å². The van der Waals surface area contributed by atoms with Crippen molar-refractivity contribution in [3.8, 4) is 0 Å². The van der Waals surface area contributed by atoms with Gasteiger partial charge < -0.3 is 10.0 Å². The number of carboxylic acid groups (broad SMARTS) is 1. The van der Waals surface area contributed by atoms with Gasteiger partial charge in [0.2, 0.25) is 5.91 Å². The van der Waals surface area contributed by atoms with Crippen LogP contribution in [0.1, 0.15) is 25.3 Å². The van der Waals surface area contributed by atoms with Crippen LogP contribution in [0.2, 0.25) is 0 Å². The van der Waals surface area contributed by atoms with Gasteiger partial charge in [-0.25, -0.2) is 0 Å². The Bertz CT molecular complexity index is 500. The van der Waals surface area contributed by atoms with Crippen LogP contribution in [0.25, 0.3) is 0 Å². The van der Waals surface area contributed by atoms with Gasteiger partial charge in [-0.05, 0) is 24.6 Å². The highest BCUT2D eigenvalue weighted by molar-refractivity contribution is 5.91. The standard InChI is InChI=1S/C13H14F3NO3/c1-9(18)17(7-3-6-12(19)20)11-5-2-4-10(8-11)13(14,15)16/h2,4-5,8H,3,6-7H2,1H3,(H,19,20). The summed E-state index contributed by atoms with van der Waals surface area (Å²) in [4.78, 5) is 23.0. The fourth-order valence-electron chi connectivity index (χ4n) is 1.71. The quantitative estimate of drug-likeness (QED) is 0.906. The first-order valence-corrected chi connectivity index (χ1v) is 5.89. The number of alkyl halides is 3. The third-order valence-corrected chi connectivity index (χ3v) is 2.64. The first kappa shape index (κ1) is 16.0. The number of nitrogens with zero attached hydrogens (tertiary/aromatic N) is 1. The van der Waals surface area contributed by atoms with E-state index < -0.39 is 23.6 Å². The Morgan fingerprint density at radius 1 is 1.30 bits per heavy atom. The molecule has 0 aliphatic carbocycles. The minimum absolute atomic E-state index is 0.0585. The Labute approximate surface area is 113 Å². The highest BCUT2D eigenvalue weighted by atomic mass is 19.4. The van der Waals surface area contributed by atoms with Crippen molar-refractivity contribution in [2.24, 2.45) is 0 Å². The lowest BCUT2D eigenvalue weighted by molar-refractivity contribution is -0.138. The number of aliphatic carboxylic acids is 1. The SMILES string of the molecule is CC(=O)N(CCCC(=O)O)c1cccc(C(F)(F)F)c1. The summed E-state index contributed by atoms with van der Waals surface area (Å²) in [6, 6.07) is 4.39. The van der Waals surface area contributed by atoms with E-state index in [0.29, 0.717) is 0 Å². The number of halogens is 3. The van der Waals surface area contributed by atoms with Gasteiger partial charge in [-0.3, -0.25) is 9.59 Å². The van der Waals surface area contributed by atoms with E-state index in [1.165, 1.54) is 19.1 Å². The molecule has 110 valence electrons. The predicted molar refractivity (Wildman–Crippen MR) is 66.3 cm³/mol. The number of carboxylic acids is 1. The summed E-state index contributed by atoms with van der Waals surface area (Å²) in [5, 5.41) is 8.53. The molecule has 0 aliphatic heterocycles. The highest BCUT2D eigenvalue weighted by Gasteiger charge is 2.31. The molecule has 1 aromatic carbocycles. The Morgan fingerprint density at radius 2 is 1.95 bits per heavy atom. The second kappa shape index (κ2) is 6.40. The number of hydrogen-bond donors (Lipinski definition) is 1. The van der Waals surface area contributed by atoms with Crippen LogP contribution in [-0.2, 0) is 15.8 Å². The molecule has 1 rings (SSSR count). The fraction of sp³-hybridized carbons (Fsp3) is 0.385. The van der Waals surface area contributed by atoms with Crippen molar-refractivity contribution in [1.82, 2.24) is 0 Å². The monoisotopic (exact) mass is 289 g/mol. The predicted octanol–water partition coefficient (Wildman–Crippen LogP) is 2.92. The average Bonchev–Trinajstić information content (AvgIpc) is 2.33. The molecule has 1 N–H and O–H groups in total. The normalized spacial score (nSPS) is 11.2. The van der Waals surface area contributed by atoms with E-state index in [-0.39, 0.29) is 25.1 Å². The molecular weight excluding hydrogens is 275 g/mol. The van der Waals surface area contributed by atoms with Gasteiger partial charge >= 0.3 is 12.1 Å². The maximum atomic E-state index is 12.6. The molecule has 0 spiro atoms. The summed E-state index contributed by atoms with van der Waals surface area (Å²) in [7, 11) is 0. The van der Waals surface area contributed by atoms with Crippen molar-refractivity contribution in [1.29, 1.82) is 0 Å². The number of carbonyl (C=O) groups is 2. The molecule has 20 heavy (non-hydrogen) atoms. The molecule has 7 heteroatoms. The zero-order chi connectivity index (χ0) is 15.3. The van der Waals surface area contributed by atoms with E-state index in [1.54, 1.807) is 0 Å². The molecular formula is C13H14F3NO3. The summed E-state index contributed by atoms with van der Waals surface area (Å²) < 4.78 is 37.8. The molecule has 0 aliphatic rings. The Kier molecular flexibility index (Phi) is 5.12. The molecule has 0 saturated heterocycles. The number of hydrogen-bond acceptors (Lipinski definition) is 2. The third-order valence-electron chi connectivity index (χ3n) is 2.64. The van der Waals surface area contributed by atoms with Gasteiger partial charge in [0.05, 0.1) is 5.56 Å². The lowest BCUT2D eigenvalue weighted by atomic mass is 10.1. The van der Waals surface area contributed by atoms with Gasteiger partial charge in [0.15, 0.2) is 0 Å². The first-order chi connectivity index (χ1) is 9.21. The Hall–Kier alpha value is -2.05. The van der Waals surface area contributed by atoms with E-state index in [9.17, 15) is 22.8 Å². The van der Waals surface area contributed by atoms with Crippen molar-refractivity contribution < 1.29 is 27.9 Å². The second-order valence-electron chi connectivity index (χ2n) is 4.22. The summed E-state index contributed by atoms with van der Waals surface area (Å²) in [6.07, 6.45) is -4.46. The number of carbonyl (C=O) groups excluding carboxylic acids is 1. The van der Waals surface area contributed by atoms with Crippen LogP contribution in [0.4, 0.5) is 18.9 Å². The van der Waals surface area contributed by atoms with Crippen molar-refractivity contribution >= 4 is 17.6 Å². The van der Waals surface area contributed by atoms with E-state index in [4.69, 9.17) is 5.11 Å². The van der Waals surface area contributed by atoms with Crippen molar-refractivity contribution in [2.45, 2.75) is 25.9 Å². The molecule has 0 radical (unpaired) electrons. The summed E-state index contributed by atoms with van der Waals surface area (Å²) >= 11 is 0. The minimum atomic E-state index is -4.49. The largest absolute Gasteiger partial charge is 0.481 e. The lowest BCUT2D eigenvalue weighted by Gasteiger charge is -2.22. The second-order valence-corrected chi connectivity index (χ2v) is 4.22. The number of anilines is 1. The molecule has 0 unspecified atom stereocenters. The fourth-order valence-corrected chi connectivity index (χ4v) is 1.71. The smallest absolute Gasteiger partial charge is 0.416 e. The number of amides is 1.